The highest BCUT2D eigenvalue weighted by molar-refractivity contribution is 5.94. The number of furan rings is 1. The topological polar surface area (TPSA) is 53.8 Å². The van der Waals surface area contributed by atoms with Crippen LogP contribution < -0.4 is 0 Å². The zero-order valence-corrected chi connectivity index (χ0v) is 18.3. The van der Waals surface area contributed by atoms with Gasteiger partial charge in [-0.3, -0.25) is 9.59 Å². The van der Waals surface area contributed by atoms with Crippen LogP contribution >= 0.6 is 0 Å². The van der Waals surface area contributed by atoms with Crippen LogP contribution in [-0.4, -0.2) is 40.7 Å². The molecule has 4 rings (SSSR count). The van der Waals surface area contributed by atoms with Crippen LogP contribution in [-0.2, 0) is 11.3 Å². The molecule has 0 spiro atoms. The lowest BCUT2D eigenvalue weighted by Gasteiger charge is -2.39. The van der Waals surface area contributed by atoms with E-state index in [-0.39, 0.29) is 22.6 Å². The maximum absolute atomic E-state index is 13.2. The van der Waals surface area contributed by atoms with Crippen molar-refractivity contribution in [3.8, 4) is 0 Å². The standard InChI is InChI=1S/C25H32N2O3/c1-24(2)13-21-14-25(3,17-24)18-27(21)22(28)9-11-26(15-19-7-5-4-6-8-19)23(29)20-10-12-30-16-20/h4-8,10,12,16,21H,9,11,13-15,17-18H2,1-3H3. The van der Waals surface area contributed by atoms with Gasteiger partial charge in [0.2, 0.25) is 5.91 Å². The maximum Gasteiger partial charge on any atom is 0.257 e. The second kappa shape index (κ2) is 7.93. The molecule has 0 radical (unpaired) electrons. The van der Waals surface area contributed by atoms with Crippen molar-refractivity contribution >= 4 is 11.8 Å². The lowest BCUT2D eigenvalue weighted by Crippen LogP contribution is -2.40. The molecule has 1 aliphatic carbocycles. The summed E-state index contributed by atoms with van der Waals surface area (Å²) in [6, 6.07) is 11.9. The molecule has 1 saturated carbocycles. The monoisotopic (exact) mass is 408 g/mol. The highest BCUT2D eigenvalue weighted by Gasteiger charge is 2.50. The van der Waals surface area contributed by atoms with Gasteiger partial charge in [-0.05, 0) is 41.7 Å². The number of benzene rings is 1. The summed E-state index contributed by atoms with van der Waals surface area (Å²) in [5, 5.41) is 0. The Morgan fingerprint density at radius 1 is 1.13 bits per heavy atom. The molecule has 0 N–H and O–H groups in total. The minimum atomic E-state index is -0.103. The largest absolute Gasteiger partial charge is 0.472 e. The first-order chi connectivity index (χ1) is 14.2. The van der Waals surface area contributed by atoms with E-state index in [9.17, 15) is 9.59 Å². The van der Waals surface area contributed by atoms with Crippen LogP contribution in [0.15, 0.2) is 53.3 Å². The summed E-state index contributed by atoms with van der Waals surface area (Å²) in [5.41, 5.74) is 2.07. The molecule has 2 unspecified atom stereocenters. The summed E-state index contributed by atoms with van der Waals surface area (Å²) in [6.07, 6.45) is 6.66. The molecule has 2 bridgehead atoms. The van der Waals surface area contributed by atoms with Crippen molar-refractivity contribution in [3.05, 3.63) is 60.1 Å². The van der Waals surface area contributed by atoms with Crippen molar-refractivity contribution in [1.82, 2.24) is 9.80 Å². The third-order valence-electron chi connectivity index (χ3n) is 6.60. The number of hydrogen-bond donors (Lipinski definition) is 0. The van der Waals surface area contributed by atoms with Crippen LogP contribution in [0.4, 0.5) is 0 Å². The number of rotatable bonds is 6. The Balaban J connectivity index is 1.44. The van der Waals surface area contributed by atoms with Gasteiger partial charge in [-0.1, -0.05) is 51.1 Å². The maximum atomic E-state index is 13.2. The zero-order chi connectivity index (χ0) is 21.4. The predicted octanol–water partition coefficient (Wildman–Crippen LogP) is 4.74. The van der Waals surface area contributed by atoms with Gasteiger partial charge in [0.15, 0.2) is 0 Å². The molecule has 2 heterocycles. The van der Waals surface area contributed by atoms with E-state index in [1.165, 1.54) is 18.9 Å². The molecule has 2 fully saturated rings. The minimum absolute atomic E-state index is 0.103. The van der Waals surface area contributed by atoms with Gasteiger partial charge in [-0.15, -0.1) is 0 Å². The van der Waals surface area contributed by atoms with Crippen molar-refractivity contribution < 1.29 is 14.0 Å². The summed E-state index contributed by atoms with van der Waals surface area (Å²) in [4.78, 5) is 30.0. The predicted molar refractivity (Wildman–Crippen MR) is 116 cm³/mol. The van der Waals surface area contributed by atoms with Gasteiger partial charge < -0.3 is 14.2 Å². The Hall–Kier alpha value is -2.56. The third-order valence-corrected chi connectivity index (χ3v) is 6.60. The number of fused-ring (bicyclic) bond motifs is 2. The first-order valence-electron chi connectivity index (χ1n) is 10.9. The average molecular weight is 409 g/mol. The first-order valence-corrected chi connectivity index (χ1v) is 10.9. The molecule has 5 nitrogen and oxygen atoms in total. The van der Waals surface area contributed by atoms with Gasteiger partial charge in [0, 0.05) is 32.1 Å². The van der Waals surface area contributed by atoms with E-state index < -0.39 is 0 Å². The lowest BCUT2D eigenvalue weighted by atomic mass is 9.65. The summed E-state index contributed by atoms with van der Waals surface area (Å²) in [5.74, 6) is 0.0631. The fourth-order valence-corrected chi connectivity index (χ4v) is 5.75. The normalized spacial score (nSPS) is 24.6. The molecular formula is C25H32N2O3. The van der Waals surface area contributed by atoms with Crippen LogP contribution in [0.25, 0.3) is 0 Å². The number of carbonyl (C=O) groups excluding carboxylic acids is 2. The quantitative estimate of drug-likeness (QED) is 0.694. The van der Waals surface area contributed by atoms with Crippen LogP contribution in [0.3, 0.4) is 0 Å². The Bertz CT molecular complexity index is 890. The molecule has 1 aromatic heterocycles. The first kappa shape index (κ1) is 20.7. The molecule has 30 heavy (non-hydrogen) atoms. The van der Waals surface area contributed by atoms with E-state index in [4.69, 9.17) is 4.42 Å². The minimum Gasteiger partial charge on any atom is -0.472 e. The van der Waals surface area contributed by atoms with E-state index in [1.54, 1.807) is 11.0 Å². The summed E-state index contributed by atoms with van der Waals surface area (Å²) in [7, 11) is 0. The van der Waals surface area contributed by atoms with Crippen molar-refractivity contribution in [1.29, 1.82) is 0 Å². The summed E-state index contributed by atoms with van der Waals surface area (Å²) >= 11 is 0. The van der Waals surface area contributed by atoms with E-state index in [2.05, 4.69) is 25.7 Å². The van der Waals surface area contributed by atoms with Crippen LogP contribution in [0.5, 0.6) is 0 Å². The van der Waals surface area contributed by atoms with E-state index in [0.29, 0.717) is 31.1 Å². The van der Waals surface area contributed by atoms with Crippen LogP contribution in [0.1, 0.15) is 62.4 Å². The van der Waals surface area contributed by atoms with Crippen LogP contribution in [0.2, 0.25) is 0 Å². The van der Waals surface area contributed by atoms with Gasteiger partial charge in [-0.2, -0.15) is 0 Å². The number of nitrogens with zero attached hydrogens (tertiary/aromatic N) is 2. The molecule has 2 aliphatic rings. The average Bonchev–Trinajstić information content (AvgIpc) is 3.30. The third kappa shape index (κ3) is 4.45. The molecule has 1 saturated heterocycles. The smallest absolute Gasteiger partial charge is 0.257 e. The number of amides is 2. The lowest BCUT2D eigenvalue weighted by molar-refractivity contribution is -0.132. The van der Waals surface area contributed by atoms with Crippen molar-refractivity contribution in [3.63, 3.8) is 0 Å². The second-order valence-corrected chi connectivity index (χ2v) is 10.2. The SMILES string of the molecule is CC1(C)CC2CC(C)(CN2C(=O)CCN(Cc2ccccc2)C(=O)c2ccoc2)C1. The Morgan fingerprint density at radius 2 is 1.90 bits per heavy atom. The van der Waals surface area contributed by atoms with E-state index >= 15 is 0 Å². The summed E-state index contributed by atoms with van der Waals surface area (Å²) < 4.78 is 5.10. The summed E-state index contributed by atoms with van der Waals surface area (Å²) in [6.45, 7) is 8.67. The number of hydrogen-bond acceptors (Lipinski definition) is 3. The Kier molecular flexibility index (Phi) is 5.48. The van der Waals surface area contributed by atoms with Crippen molar-refractivity contribution in [2.24, 2.45) is 10.8 Å². The van der Waals surface area contributed by atoms with Gasteiger partial charge >= 0.3 is 0 Å². The Labute approximate surface area is 179 Å². The molecule has 5 heteroatoms. The molecular weight excluding hydrogens is 376 g/mol. The van der Waals surface area contributed by atoms with E-state index in [0.717, 1.165) is 24.9 Å². The second-order valence-electron chi connectivity index (χ2n) is 10.2. The highest BCUT2D eigenvalue weighted by Crippen LogP contribution is 2.52. The van der Waals surface area contributed by atoms with Crippen molar-refractivity contribution in [2.75, 3.05) is 13.1 Å². The highest BCUT2D eigenvalue weighted by atomic mass is 16.3. The van der Waals surface area contributed by atoms with Gasteiger partial charge in [0.25, 0.3) is 5.91 Å². The number of likely N-dealkylation sites (tertiary alicyclic amines) is 1. The molecule has 1 aromatic carbocycles. The van der Waals surface area contributed by atoms with E-state index in [1.807, 2.05) is 30.3 Å². The van der Waals surface area contributed by atoms with Crippen LogP contribution in [0, 0.1) is 10.8 Å². The molecule has 2 amide bonds. The molecule has 1 aliphatic heterocycles. The zero-order valence-electron chi connectivity index (χ0n) is 18.3. The van der Waals surface area contributed by atoms with Gasteiger partial charge in [-0.25, -0.2) is 0 Å². The molecule has 160 valence electrons. The molecule has 2 aromatic rings. The molecule has 2 atom stereocenters. The fraction of sp³-hybridized carbons (Fsp3) is 0.520. The van der Waals surface area contributed by atoms with Crippen molar-refractivity contribution in [2.45, 2.75) is 59.0 Å². The Morgan fingerprint density at radius 3 is 2.60 bits per heavy atom. The fourth-order valence-electron chi connectivity index (χ4n) is 5.75. The van der Waals surface area contributed by atoms with Gasteiger partial charge in [0.05, 0.1) is 11.8 Å². The van der Waals surface area contributed by atoms with Gasteiger partial charge in [0.1, 0.15) is 6.26 Å². The number of carbonyl (C=O) groups is 2.